The summed E-state index contributed by atoms with van der Waals surface area (Å²) in [6.07, 6.45) is 3.42. The zero-order valence-electron chi connectivity index (χ0n) is 19.6. The zero-order valence-corrected chi connectivity index (χ0v) is 19.6. The molecule has 1 aromatic heterocycles. The van der Waals surface area contributed by atoms with Crippen LogP contribution in [0.15, 0.2) is 54.7 Å². The molecule has 0 spiro atoms. The van der Waals surface area contributed by atoms with Gasteiger partial charge in [0.1, 0.15) is 11.4 Å². The van der Waals surface area contributed by atoms with E-state index in [1.807, 2.05) is 24.3 Å². The highest BCUT2D eigenvalue weighted by Crippen LogP contribution is 2.36. The van der Waals surface area contributed by atoms with Crippen LogP contribution in [0.4, 0.5) is 36.3 Å². The molecular formula is C27H31F3N4. The van der Waals surface area contributed by atoms with Gasteiger partial charge in [-0.3, -0.25) is 0 Å². The molecule has 4 nitrogen and oxygen atoms in total. The molecule has 2 aromatic carbocycles. The van der Waals surface area contributed by atoms with Gasteiger partial charge < -0.3 is 10.6 Å². The number of nitrogens with zero attached hydrogens (tertiary/aromatic N) is 2. The molecule has 1 fully saturated rings. The second-order valence-electron chi connectivity index (χ2n) is 9.46. The maximum Gasteiger partial charge on any atom is 0.421 e. The lowest BCUT2D eigenvalue weighted by atomic mass is 9.84. The Bertz CT molecular complexity index is 1070. The molecule has 1 saturated carbocycles. The standard InChI is InChI=1S/C27H31F3N4/c1-18(2)16-19-8-12-22(13-9-19)32-25-24(27(28,29)30)17-31-26(34-25)33-23-14-10-21(11-15-23)20-6-4-3-5-7-20/h8-15,17-18,20H,3-7,16H2,1-2H3,(H2,31,32,33,34). The Morgan fingerprint density at radius 2 is 1.50 bits per heavy atom. The van der Waals surface area contributed by atoms with Gasteiger partial charge in [-0.1, -0.05) is 57.4 Å². The van der Waals surface area contributed by atoms with Gasteiger partial charge in [0.05, 0.1) is 0 Å². The van der Waals surface area contributed by atoms with Gasteiger partial charge in [-0.25, -0.2) is 4.98 Å². The average Bonchev–Trinajstić information content (AvgIpc) is 2.80. The summed E-state index contributed by atoms with van der Waals surface area (Å²) in [6, 6.07) is 15.4. The van der Waals surface area contributed by atoms with E-state index in [9.17, 15) is 13.2 Å². The molecule has 0 aliphatic heterocycles. The number of nitrogens with one attached hydrogen (secondary N) is 2. The summed E-state index contributed by atoms with van der Waals surface area (Å²) < 4.78 is 40.8. The van der Waals surface area contributed by atoms with E-state index in [1.165, 1.54) is 37.7 Å². The second kappa shape index (κ2) is 10.5. The minimum atomic E-state index is -4.57. The van der Waals surface area contributed by atoms with Gasteiger partial charge in [0.15, 0.2) is 0 Å². The van der Waals surface area contributed by atoms with Crippen molar-refractivity contribution in [1.29, 1.82) is 0 Å². The average molecular weight is 469 g/mol. The van der Waals surface area contributed by atoms with Crippen LogP contribution in [0.3, 0.4) is 0 Å². The molecule has 2 N–H and O–H groups in total. The van der Waals surface area contributed by atoms with Crippen LogP contribution in [0.25, 0.3) is 0 Å². The molecule has 4 rings (SSSR count). The van der Waals surface area contributed by atoms with Gasteiger partial charge in [0.2, 0.25) is 5.95 Å². The lowest BCUT2D eigenvalue weighted by Crippen LogP contribution is -2.12. The quantitative estimate of drug-likeness (QED) is 0.367. The number of anilines is 4. The fourth-order valence-electron chi connectivity index (χ4n) is 4.48. The molecule has 34 heavy (non-hydrogen) atoms. The van der Waals surface area contributed by atoms with Crippen LogP contribution in [0.5, 0.6) is 0 Å². The van der Waals surface area contributed by atoms with Crippen LogP contribution in [0.1, 0.15) is 68.6 Å². The zero-order chi connectivity index (χ0) is 24.1. The molecule has 1 aliphatic rings. The summed E-state index contributed by atoms with van der Waals surface area (Å²) in [4.78, 5) is 8.08. The first-order valence-corrected chi connectivity index (χ1v) is 11.9. The molecule has 1 heterocycles. The first-order chi connectivity index (χ1) is 16.3. The smallest absolute Gasteiger partial charge is 0.340 e. The molecule has 0 amide bonds. The summed E-state index contributed by atoms with van der Waals surface area (Å²) in [5.41, 5.74) is 2.82. The molecule has 180 valence electrons. The third-order valence-electron chi connectivity index (χ3n) is 6.20. The molecule has 0 radical (unpaired) electrons. The van der Waals surface area contributed by atoms with E-state index in [4.69, 9.17) is 0 Å². The monoisotopic (exact) mass is 468 g/mol. The van der Waals surface area contributed by atoms with Gasteiger partial charge in [-0.2, -0.15) is 18.2 Å². The fraction of sp³-hybridized carbons (Fsp3) is 0.407. The predicted octanol–water partition coefficient (Wildman–Crippen LogP) is 8.23. The maximum absolute atomic E-state index is 13.6. The number of alkyl halides is 3. The Morgan fingerprint density at radius 3 is 2.12 bits per heavy atom. The van der Waals surface area contributed by atoms with E-state index in [1.54, 1.807) is 12.1 Å². The number of benzene rings is 2. The van der Waals surface area contributed by atoms with Crippen LogP contribution < -0.4 is 10.6 Å². The summed E-state index contributed by atoms with van der Waals surface area (Å²) in [5, 5.41) is 5.87. The van der Waals surface area contributed by atoms with Crippen molar-refractivity contribution < 1.29 is 13.2 Å². The number of hydrogen-bond acceptors (Lipinski definition) is 4. The lowest BCUT2D eigenvalue weighted by Gasteiger charge is -2.22. The van der Waals surface area contributed by atoms with E-state index in [0.29, 0.717) is 17.5 Å². The molecular weight excluding hydrogens is 437 g/mol. The first kappa shape index (κ1) is 24.0. The van der Waals surface area contributed by atoms with Crippen molar-refractivity contribution in [2.45, 2.75) is 64.5 Å². The minimum Gasteiger partial charge on any atom is -0.340 e. The van der Waals surface area contributed by atoms with Crippen molar-refractivity contribution in [3.63, 3.8) is 0 Å². The lowest BCUT2D eigenvalue weighted by molar-refractivity contribution is -0.137. The van der Waals surface area contributed by atoms with Crippen LogP contribution in [0, 0.1) is 5.92 Å². The Balaban J connectivity index is 1.52. The van der Waals surface area contributed by atoms with E-state index >= 15 is 0 Å². The third kappa shape index (κ3) is 6.27. The van der Waals surface area contributed by atoms with Crippen LogP contribution in [-0.4, -0.2) is 9.97 Å². The van der Waals surface area contributed by atoms with Gasteiger partial charge >= 0.3 is 6.18 Å². The van der Waals surface area contributed by atoms with E-state index < -0.39 is 11.7 Å². The molecule has 0 saturated heterocycles. The minimum absolute atomic E-state index is 0.109. The van der Waals surface area contributed by atoms with E-state index in [0.717, 1.165) is 23.9 Å². The van der Waals surface area contributed by atoms with Gasteiger partial charge in [0, 0.05) is 17.6 Å². The largest absolute Gasteiger partial charge is 0.421 e. The van der Waals surface area contributed by atoms with Gasteiger partial charge in [-0.05, 0) is 66.5 Å². The number of halogens is 3. The van der Waals surface area contributed by atoms with Crippen molar-refractivity contribution in [1.82, 2.24) is 9.97 Å². The normalized spacial score (nSPS) is 14.9. The summed E-state index contributed by atoms with van der Waals surface area (Å²) in [6.45, 7) is 4.25. The molecule has 0 unspecified atom stereocenters. The summed E-state index contributed by atoms with van der Waals surface area (Å²) in [5.74, 6) is 0.925. The first-order valence-electron chi connectivity index (χ1n) is 11.9. The predicted molar refractivity (Wildman–Crippen MR) is 131 cm³/mol. The van der Waals surface area contributed by atoms with Crippen molar-refractivity contribution >= 4 is 23.1 Å². The third-order valence-corrected chi connectivity index (χ3v) is 6.20. The van der Waals surface area contributed by atoms with Crippen molar-refractivity contribution in [2.75, 3.05) is 10.6 Å². The van der Waals surface area contributed by atoms with Crippen LogP contribution in [-0.2, 0) is 12.6 Å². The fourth-order valence-corrected chi connectivity index (χ4v) is 4.48. The second-order valence-corrected chi connectivity index (χ2v) is 9.46. The van der Waals surface area contributed by atoms with Gasteiger partial charge in [0.25, 0.3) is 0 Å². The Morgan fingerprint density at radius 1 is 0.882 bits per heavy atom. The summed E-state index contributed by atoms with van der Waals surface area (Å²) in [7, 11) is 0. The highest BCUT2D eigenvalue weighted by atomic mass is 19.4. The van der Waals surface area contributed by atoms with E-state index in [-0.39, 0.29) is 11.8 Å². The number of aromatic nitrogens is 2. The summed E-state index contributed by atoms with van der Waals surface area (Å²) >= 11 is 0. The van der Waals surface area contributed by atoms with Crippen LogP contribution >= 0.6 is 0 Å². The van der Waals surface area contributed by atoms with Crippen molar-refractivity contribution in [2.24, 2.45) is 5.92 Å². The molecule has 7 heteroatoms. The number of hydrogen-bond donors (Lipinski definition) is 2. The topological polar surface area (TPSA) is 49.8 Å². The molecule has 0 bridgehead atoms. The Hall–Kier alpha value is -3.09. The van der Waals surface area contributed by atoms with Crippen molar-refractivity contribution in [3.8, 4) is 0 Å². The van der Waals surface area contributed by atoms with Crippen molar-refractivity contribution in [3.05, 3.63) is 71.4 Å². The van der Waals surface area contributed by atoms with E-state index in [2.05, 4.69) is 46.6 Å². The SMILES string of the molecule is CC(C)Cc1ccc(Nc2nc(Nc3ccc(C4CCCCC4)cc3)ncc2C(F)(F)F)cc1. The van der Waals surface area contributed by atoms with Gasteiger partial charge in [-0.15, -0.1) is 0 Å². The highest BCUT2D eigenvalue weighted by molar-refractivity contribution is 5.63. The van der Waals surface area contributed by atoms with Crippen LogP contribution in [0.2, 0.25) is 0 Å². The Labute approximate surface area is 199 Å². The Kier molecular flexibility index (Phi) is 7.39. The number of rotatable bonds is 7. The molecule has 3 aromatic rings. The maximum atomic E-state index is 13.6. The molecule has 0 atom stereocenters. The highest BCUT2D eigenvalue weighted by Gasteiger charge is 2.35. The molecule has 1 aliphatic carbocycles.